The van der Waals surface area contributed by atoms with E-state index in [1.54, 1.807) is 0 Å². The van der Waals surface area contributed by atoms with Gasteiger partial charge in [-0.3, -0.25) is 0 Å². The van der Waals surface area contributed by atoms with Crippen LogP contribution in [-0.4, -0.2) is 9.97 Å². The first kappa shape index (κ1) is 10.0. The second-order valence-corrected chi connectivity index (χ2v) is 4.10. The molecule has 0 aliphatic rings. The molecule has 3 heteroatoms. The van der Waals surface area contributed by atoms with Crippen molar-refractivity contribution >= 4 is 11.0 Å². The molecule has 1 aromatic carbocycles. The highest BCUT2D eigenvalue weighted by atomic mass is 16.3. The number of aromatic nitrogens is 2. The zero-order valence-corrected chi connectivity index (χ0v) is 9.77. The lowest BCUT2D eigenvalue weighted by Gasteiger charge is -2.01. The fourth-order valence-electron chi connectivity index (χ4n) is 1.88. The van der Waals surface area contributed by atoms with Gasteiger partial charge >= 0.3 is 0 Å². The van der Waals surface area contributed by atoms with Crippen LogP contribution >= 0.6 is 0 Å². The van der Waals surface area contributed by atoms with Crippen molar-refractivity contribution in [3.63, 3.8) is 0 Å². The summed E-state index contributed by atoms with van der Waals surface area (Å²) < 4.78 is 5.80. The number of rotatable bonds is 1. The molecule has 84 valence electrons. The largest absolute Gasteiger partial charge is 0.454 e. The van der Waals surface area contributed by atoms with Gasteiger partial charge in [-0.05, 0) is 31.5 Å². The third-order valence-corrected chi connectivity index (χ3v) is 2.75. The summed E-state index contributed by atoms with van der Waals surface area (Å²) in [5.41, 5.74) is 2.78. The Morgan fingerprint density at radius 1 is 1.12 bits per heavy atom. The van der Waals surface area contributed by atoms with Gasteiger partial charge in [0.1, 0.15) is 17.1 Å². The van der Waals surface area contributed by atoms with E-state index in [1.165, 1.54) is 0 Å². The maximum atomic E-state index is 5.80. The number of nitrogens with zero attached hydrogens (tertiary/aromatic N) is 2. The number of para-hydroxylation sites is 1. The minimum atomic E-state index is 0.756. The van der Waals surface area contributed by atoms with Gasteiger partial charge in [-0.1, -0.05) is 18.2 Å². The van der Waals surface area contributed by atoms with Crippen molar-refractivity contribution in [3.05, 3.63) is 47.9 Å². The van der Waals surface area contributed by atoms with Crippen molar-refractivity contribution in [1.29, 1.82) is 0 Å². The van der Waals surface area contributed by atoms with Crippen molar-refractivity contribution in [3.8, 4) is 11.5 Å². The molecule has 0 aliphatic carbocycles. The van der Waals surface area contributed by atoms with Gasteiger partial charge in [-0.15, -0.1) is 0 Å². The summed E-state index contributed by atoms with van der Waals surface area (Å²) in [4.78, 5) is 8.60. The monoisotopic (exact) mass is 224 g/mol. The number of fused-ring (bicyclic) bond motifs is 1. The molecule has 17 heavy (non-hydrogen) atoms. The van der Waals surface area contributed by atoms with Crippen molar-refractivity contribution in [2.24, 2.45) is 0 Å². The van der Waals surface area contributed by atoms with Crippen LogP contribution in [0.3, 0.4) is 0 Å². The lowest BCUT2D eigenvalue weighted by atomic mass is 10.2. The minimum absolute atomic E-state index is 0.756. The molecule has 2 heterocycles. The van der Waals surface area contributed by atoms with Crippen LogP contribution in [0.4, 0.5) is 0 Å². The maximum Gasteiger partial charge on any atom is 0.154 e. The summed E-state index contributed by atoms with van der Waals surface area (Å²) in [6, 6.07) is 9.98. The molecule has 0 N–H and O–H groups in total. The predicted octanol–water partition coefficient (Wildman–Crippen LogP) is 3.51. The second kappa shape index (κ2) is 3.70. The minimum Gasteiger partial charge on any atom is -0.454 e. The van der Waals surface area contributed by atoms with Gasteiger partial charge < -0.3 is 4.42 Å². The topological polar surface area (TPSA) is 38.9 Å². The van der Waals surface area contributed by atoms with Gasteiger partial charge in [-0.2, -0.15) is 0 Å². The van der Waals surface area contributed by atoms with E-state index in [-0.39, 0.29) is 0 Å². The molecular formula is C14H12N2O. The van der Waals surface area contributed by atoms with E-state index in [4.69, 9.17) is 4.42 Å². The van der Waals surface area contributed by atoms with Crippen LogP contribution in [0.15, 0.2) is 40.9 Å². The van der Waals surface area contributed by atoms with Gasteiger partial charge in [0.25, 0.3) is 0 Å². The predicted molar refractivity (Wildman–Crippen MR) is 66.7 cm³/mol. The first-order valence-corrected chi connectivity index (χ1v) is 5.53. The van der Waals surface area contributed by atoms with Gasteiger partial charge in [0.2, 0.25) is 0 Å². The van der Waals surface area contributed by atoms with Crippen LogP contribution in [0.2, 0.25) is 0 Å². The molecule has 2 aromatic heterocycles. The third kappa shape index (κ3) is 1.69. The zero-order valence-electron chi connectivity index (χ0n) is 9.77. The molecule has 3 nitrogen and oxygen atoms in total. The smallest absolute Gasteiger partial charge is 0.154 e. The van der Waals surface area contributed by atoms with E-state index in [1.807, 2.05) is 50.4 Å². The lowest BCUT2D eigenvalue weighted by molar-refractivity contribution is 0.627. The van der Waals surface area contributed by atoms with E-state index in [9.17, 15) is 0 Å². The molecular weight excluding hydrogens is 212 g/mol. The Hall–Kier alpha value is -2.16. The van der Waals surface area contributed by atoms with Crippen LogP contribution in [0, 0.1) is 13.8 Å². The van der Waals surface area contributed by atoms with Gasteiger partial charge in [0, 0.05) is 11.6 Å². The standard InChI is InChI=1S/C14H12N2O/c1-9-8-15-10(2)16-14(9)13-7-11-5-3-4-6-12(11)17-13/h3-8H,1-2H3. The molecule has 0 fully saturated rings. The van der Waals surface area contributed by atoms with Crippen LogP contribution in [0.1, 0.15) is 11.4 Å². The van der Waals surface area contributed by atoms with Crippen LogP contribution in [0.5, 0.6) is 0 Å². The fraction of sp³-hybridized carbons (Fsp3) is 0.143. The number of hydrogen-bond donors (Lipinski definition) is 0. The van der Waals surface area contributed by atoms with Gasteiger partial charge in [0.05, 0.1) is 0 Å². The molecule has 3 aromatic rings. The number of aryl methyl sites for hydroxylation is 2. The summed E-state index contributed by atoms with van der Waals surface area (Å²) in [5.74, 6) is 1.56. The highest BCUT2D eigenvalue weighted by Gasteiger charge is 2.10. The Balaban J connectivity index is 2.23. The molecule has 0 unspecified atom stereocenters. The van der Waals surface area contributed by atoms with Crippen molar-refractivity contribution in [1.82, 2.24) is 9.97 Å². The summed E-state index contributed by atoms with van der Waals surface area (Å²) >= 11 is 0. The molecule has 0 saturated heterocycles. The number of benzene rings is 1. The maximum absolute atomic E-state index is 5.80. The second-order valence-electron chi connectivity index (χ2n) is 4.10. The van der Waals surface area contributed by atoms with Gasteiger partial charge in [-0.25, -0.2) is 9.97 Å². The Labute approximate surface area is 99.1 Å². The van der Waals surface area contributed by atoms with Crippen LogP contribution in [0.25, 0.3) is 22.4 Å². The number of hydrogen-bond acceptors (Lipinski definition) is 3. The summed E-state index contributed by atoms with van der Waals surface area (Å²) in [6.45, 7) is 3.87. The van der Waals surface area contributed by atoms with Crippen molar-refractivity contribution in [2.75, 3.05) is 0 Å². The normalized spacial score (nSPS) is 10.9. The van der Waals surface area contributed by atoms with Crippen molar-refractivity contribution < 1.29 is 4.42 Å². The van der Waals surface area contributed by atoms with E-state index in [0.29, 0.717) is 0 Å². The van der Waals surface area contributed by atoms with E-state index in [0.717, 1.165) is 33.8 Å². The number of furan rings is 1. The molecule has 0 atom stereocenters. The van der Waals surface area contributed by atoms with Crippen LogP contribution in [-0.2, 0) is 0 Å². The highest BCUT2D eigenvalue weighted by Crippen LogP contribution is 2.28. The zero-order chi connectivity index (χ0) is 11.8. The molecule has 3 rings (SSSR count). The van der Waals surface area contributed by atoms with E-state index >= 15 is 0 Å². The first-order valence-electron chi connectivity index (χ1n) is 5.53. The quantitative estimate of drug-likeness (QED) is 0.635. The molecule has 0 saturated carbocycles. The average Bonchev–Trinajstić information content (AvgIpc) is 2.75. The highest BCUT2D eigenvalue weighted by molar-refractivity contribution is 5.82. The fourth-order valence-corrected chi connectivity index (χ4v) is 1.88. The Kier molecular flexibility index (Phi) is 2.18. The first-order chi connectivity index (χ1) is 8.24. The summed E-state index contributed by atoms with van der Waals surface area (Å²) in [6.07, 6.45) is 1.82. The lowest BCUT2D eigenvalue weighted by Crippen LogP contribution is -1.92. The third-order valence-electron chi connectivity index (χ3n) is 2.75. The molecule has 0 spiro atoms. The van der Waals surface area contributed by atoms with E-state index < -0.39 is 0 Å². The Bertz CT molecular complexity index is 653. The summed E-state index contributed by atoms with van der Waals surface area (Å²) in [5, 5.41) is 1.10. The average molecular weight is 224 g/mol. The van der Waals surface area contributed by atoms with E-state index in [2.05, 4.69) is 9.97 Å². The molecule has 0 aliphatic heterocycles. The molecule has 0 bridgehead atoms. The molecule has 0 radical (unpaired) electrons. The Morgan fingerprint density at radius 3 is 2.76 bits per heavy atom. The van der Waals surface area contributed by atoms with Crippen LogP contribution < -0.4 is 0 Å². The molecule has 0 amide bonds. The SMILES string of the molecule is Cc1ncc(C)c(-c2cc3ccccc3o2)n1. The van der Waals surface area contributed by atoms with Crippen molar-refractivity contribution in [2.45, 2.75) is 13.8 Å². The van der Waals surface area contributed by atoms with Gasteiger partial charge in [0.15, 0.2) is 5.76 Å². The Morgan fingerprint density at radius 2 is 1.94 bits per heavy atom. The summed E-state index contributed by atoms with van der Waals surface area (Å²) in [7, 11) is 0.